The van der Waals surface area contributed by atoms with Crippen molar-refractivity contribution in [3.05, 3.63) is 0 Å². The van der Waals surface area contributed by atoms with Crippen LogP contribution in [0.15, 0.2) is 0 Å². The lowest BCUT2D eigenvalue weighted by Crippen LogP contribution is -2.50. The summed E-state index contributed by atoms with van der Waals surface area (Å²) in [5, 5.41) is 0. The minimum atomic E-state index is 0.301. The first kappa shape index (κ1) is 12.7. The molecule has 14 heavy (non-hydrogen) atoms. The van der Waals surface area contributed by atoms with E-state index in [2.05, 4.69) is 49.0 Å². The molecule has 0 aliphatic carbocycles. The lowest BCUT2D eigenvalue weighted by atomic mass is 10.0. The fourth-order valence-corrected chi connectivity index (χ4v) is 3.12. The Kier molecular flexibility index (Phi) is 3.84. The predicted molar refractivity (Wildman–Crippen MR) is 67.6 cm³/mol. The topological polar surface area (TPSA) is 6.48 Å². The molecule has 2 nitrogen and oxygen atoms in total. The lowest BCUT2D eigenvalue weighted by Gasteiger charge is -2.52. The largest absolute Gasteiger partial charge is 0.160 e. The quantitative estimate of drug-likeness (QED) is 0.675. The van der Waals surface area contributed by atoms with Gasteiger partial charge in [0.2, 0.25) is 0 Å². The molecule has 0 aromatic rings. The molecule has 0 N–H and O–H groups in total. The van der Waals surface area contributed by atoms with Crippen molar-refractivity contribution in [2.24, 2.45) is 0 Å². The van der Waals surface area contributed by atoms with E-state index in [1.54, 1.807) is 0 Å². The van der Waals surface area contributed by atoms with E-state index in [0.717, 1.165) is 0 Å². The highest BCUT2D eigenvalue weighted by Crippen LogP contribution is 2.54. The van der Waals surface area contributed by atoms with E-state index in [0.29, 0.717) is 11.1 Å². The van der Waals surface area contributed by atoms with Crippen LogP contribution in [0.25, 0.3) is 0 Å². The number of hydrogen-bond acceptors (Lipinski definition) is 4. The molecular weight excluding hydrogens is 212 g/mol. The summed E-state index contributed by atoms with van der Waals surface area (Å²) in [4.78, 5) is 0. The summed E-state index contributed by atoms with van der Waals surface area (Å²) in [5.74, 6) is 0. The van der Waals surface area contributed by atoms with Gasteiger partial charge < -0.3 is 0 Å². The SMILES string of the molecule is CCC(C)(C)N1SN(C(C)(C)CC)S1. The van der Waals surface area contributed by atoms with Gasteiger partial charge in [0.15, 0.2) is 0 Å². The first-order valence-electron chi connectivity index (χ1n) is 5.30. The number of hydrogen-bond donors (Lipinski definition) is 0. The molecule has 0 unspecified atom stereocenters. The van der Waals surface area contributed by atoms with Gasteiger partial charge in [-0.15, -0.1) is 0 Å². The molecule has 0 spiro atoms. The number of nitrogens with zero attached hydrogens (tertiary/aromatic N) is 2. The van der Waals surface area contributed by atoms with Gasteiger partial charge in [-0.25, -0.2) is 0 Å². The molecular formula is C10H22N2S2. The van der Waals surface area contributed by atoms with Crippen LogP contribution in [0.5, 0.6) is 0 Å². The fraction of sp³-hybridized carbons (Fsp3) is 1.00. The summed E-state index contributed by atoms with van der Waals surface area (Å²) < 4.78 is 4.79. The summed E-state index contributed by atoms with van der Waals surface area (Å²) >= 11 is 3.73. The summed E-state index contributed by atoms with van der Waals surface area (Å²) in [6.07, 6.45) is 2.38. The van der Waals surface area contributed by atoms with Crippen LogP contribution in [0.2, 0.25) is 0 Å². The normalized spacial score (nSPS) is 21.0. The molecule has 0 saturated carbocycles. The second-order valence-electron chi connectivity index (χ2n) is 5.01. The van der Waals surface area contributed by atoms with E-state index in [1.807, 2.05) is 24.3 Å². The van der Waals surface area contributed by atoms with E-state index in [1.165, 1.54) is 12.8 Å². The van der Waals surface area contributed by atoms with Gasteiger partial charge in [-0.1, -0.05) is 13.8 Å². The maximum atomic E-state index is 2.39. The summed E-state index contributed by atoms with van der Waals surface area (Å²) in [6.45, 7) is 13.7. The van der Waals surface area contributed by atoms with Gasteiger partial charge in [-0.2, -0.15) is 7.42 Å². The standard InChI is InChI=1S/C10H22N2S2/c1-7-9(3,4)11-13-12(14-11)10(5,6)8-2/h7-8H2,1-6H3. The summed E-state index contributed by atoms with van der Waals surface area (Å²) in [6, 6.07) is 0. The van der Waals surface area contributed by atoms with Gasteiger partial charge in [0.1, 0.15) is 0 Å². The molecule has 0 bridgehead atoms. The number of rotatable bonds is 4. The van der Waals surface area contributed by atoms with Crippen molar-refractivity contribution < 1.29 is 0 Å². The summed E-state index contributed by atoms with van der Waals surface area (Å²) in [7, 11) is 0. The highest BCUT2D eigenvalue weighted by atomic mass is 32.3. The van der Waals surface area contributed by atoms with Crippen LogP contribution in [-0.2, 0) is 0 Å². The van der Waals surface area contributed by atoms with Gasteiger partial charge >= 0.3 is 0 Å². The van der Waals surface area contributed by atoms with Gasteiger partial charge in [0.05, 0.1) is 0 Å². The molecule has 1 aliphatic rings. The Morgan fingerprint density at radius 1 is 0.786 bits per heavy atom. The van der Waals surface area contributed by atoms with Crippen molar-refractivity contribution in [3.8, 4) is 0 Å². The molecule has 4 heteroatoms. The highest BCUT2D eigenvalue weighted by molar-refractivity contribution is 8.24. The van der Waals surface area contributed by atoms with Crippen molar-refractivity contribution >= 4 is 24.3 Å². The van der Waals surface area contributed by atoms with Gasteiger partial charge in [0.25, 0.3) is 0 Å². The van der Waals surface area contributed by atoms with Crippen molar-refractivity contribution in [1.82, 2.24) is 7.42 Å². The smallest absolute Gasteiger partial charge is 0.0392 e. The van der Waals surface area contributed by atoms with E-state index in [-0.39, 0.29) is 0 Å². The Balaban J connectivity index is 2.44. The zero-order chi connectivity index (χ0) is 11.0. The Bertz CT molecular complexity index is 178. The first-order valence-corrected chi connectivity index (χ1v) is 6.76. The molecule has 1 aliphatic heterocycles. The lowest BCUT2D eigenvalue weighted by molar-refractivity contribution is 0.281. The van der Waals surface area contributed by atoms with E-state index < -0.39 is 0 Å². The third-order valence-electron chi connectivity index (χ3n) is 3.02. The van der Waals surface area contributed by atoms with Crippen LogP contribution in [-0.4, -0.2) is 18.5 Å². The van der Waals surface area contributed by atoms with E-state index in [4.69, 9.17) is 0 Å². The van der Waals surface area contributed by atoms with Crippen molar-refractivity contribution in [1.29, 1.82) is 0 Å². The zero-order valence-electron chi connectivity index (χ0n) is 10.1. The zero-order valence-corrected chi connectivity index (χ0v) is 11.8. The van der Waals surface area contributed by atoms with Crippen LogP contribution < -0.4 is 0 Å². The van der Waals surface area contributed by atoms with Crippen molar-refractivity contribution in [3.63, 3.8) is 0 Å². The van der Waals surface area contributed by atoms with Crippen LogP contribution in [0.3, 0.4) is 0 Å². The molecule has 1 heterocycles. The predicted octanol–water partition coefficient (Wildman–Crippen LogP) is 4.11. The minimum absolute atomic E-state index is 0.301. The third-order valence-corrected chi connectivity index (χ3v) is 6.39. The molecule has 0 atom stereocenters. The molecule has 1 fully saturated rings. The van der Waals surface area contributed by atoms with Gasteiger partial charge in [-0.3, -0.25) is 0 Å². The van der Waals surface area contributed by atoms with Crippen LogP contribution in [0, 0.1) is 0 Å². The Hall–Kier alpha value is 0.620. The van der Waals surface area contributed by atoms with Crippen LogP contribution in [0.4, 0.5) is 0 Å². The maximum Gasteiger partial charge on any atom is 0.0392 e. The minimum Gasteiger partial charge on any atom is -0.160 e. The average Bonchev–Trinajstić information content (AvgIpc) is 2.00. The third kappa shape index (κ3) is 2.40. The average molecular weight is 234 g/mol. The molecule has 0 amide bonds. The molecule has 1 saturated heterocycles. The van der Waals surface area contributed by atoms with E-state index >= 15 is 0 Å². The Morgan fingerprint density at radius 3 is 1.29 bits per heavy atom. The first-order chi connectivity index (χ1) is 6.33. The van der Waals surface area contributed by atoms with Gasteiger partial charge in [-0.05, 0) is 40.5 Å². The Labute approximate surface area is 97.3 Å². The van der Waals surface area contributed by atoms with Crippen LogP contribution in [0.1, 0.15) is 54.4 Å². The molecule has 1 rings (SSSR count). The fourth-order valence-electron chi connectivity index (χ4n) is 0.841. The molecule has 0 aromatic heterocycles. The van der Waals surface area contributed by atoms with Crippen LogP contribution >= 0.6 is 24.3 Å². The highest BCUT2D eigenvalue weighted by Gasteiger charge is 2.43. The second-order valence-corrected chi connectivity index (χ2v) is 7.26. The maximum absolute atomic E-state index is 2.39. The Morgan fingerprint density at radius 2 is 1.07 bits per heavy atom. The summed E-state index contributed by atoms with van der Waals surface area (Å²) in [5.41, 5.74) is 0.602. The van der Waals surface area contributed by atoms with E-state index in [9.17, 15) is 0 Å². The second kappa shape index (κ2) is 4.24. The molecule has 0 aromatic carbocycles. The molecule has 0 radical (unpaired) electrons. The van der Waals surface area contributed by atoms with Crippen molar-refractivity contribution in [2.75, 3.05) is 0 Å². The van der Waals surface area contributed by atoms with Gasteiger partial charge in [0, 0.05) is 35.3 Å². The molecule has 84 valence electrons. The monoisotopic (exact) mass is 234 g/mol. The van der Waals surface area contributed by atoms with Crippen molar-refractivity contribution in [2.45, 2.75) is 65.5 Å².